The van der Waals surface area contributed by atoms with Crippen molar-refractivity contribution in [3.8, 4) is 5.75 Å². The molecular formula is C15H23NO. The van der Waals surface area contributed by atoms with Gasteiger partial charge in [-0.15, -0.1) is 0 Å². The molecule has 0 radical (unpaired) electrons. The maximum atomic E-state index is 5.23. The lowest BCUT2D eigenvalue weighted by molar-refractivity contribution is 0.415. The number of nitrogens with one attached hydrogen (secondary N) is 1. The zero-order chi connectivity index (χ0) is 11.9. The highest BCUT2D eigenvalue weighted by molar-refractivity contribution is 5.48. The highest BCUT2D eigenvalue weighted by Gasteiger charge is 2.11. The van der Waals surface area contributed by atoms with E-state index in [-0.39, 0.29) is 0 Å². The van der Waals surface area contributed by atoms with E-state index < -0.39 is 0 Å². The van der Waals surface area contributed by atoms with E-state index in [1.807, 2.05) is 12.1 Å². The van der Waals surface area contributed by atoms with E-state index in [1.165, 1.54) is 44.2 Å². The Kier molecular flexibility index (Phi) is 4.72. The summed E-state index contributed by atoms with van der Waals surface area (Å²) in [5.74, 6) is 1.78. The van der Waals surface area contributed by atoms with Crippen LogP contribution in [0.5, 0.6) is 5.75 Å². The SMILES string of the molecule is COc1cccc(NCC2CCCCCC2)c1. The second-order valence-corrected chi connectivity index (χ2v) is 4.97. The van der Waals surface area contributed by atoms with Gasteiger partial charge in [-0.1, -0.05) is 31.7 Å². The second kappa shape index (κ2) is 6.53. The Balaban J connectivity index is 1.83. The quantitative estimate of drug-likeness (QED) is 0.791. The smallest absolute Gasteiger partial charge is 0.120 e. The van der Waals surface area contributed by atoms with E-state index in [2.05, 4.69) is 17.4 Å². The van der Waals surface area contributed by atoms with Gasteiger partial charge in [-0.3, -0.25) is 0 Å². The van der Waals surface area contributed by atoms with Crippen LogP contribution in [0.4, 0.5) is 5.69 Å². The Morgan fingerprint density at radius 3 is 2.65 bits per heavy atom. The molecule has 0 heterocycles. The first-order valence-corrected chi connectivity index (χ1v) is 6.76. The summed E-state index contributed by atoms with van der Waals surface area (Å²) < 4.78 is 5.23. The Labute approximate surface area is 104 Å². The molecule has 1 saturated carbocycles. The largest absolute Gasteiger partial charge is 0.497 e. The van der Waals surface area contributed by atoms with Crippen LogP contribution >= 0.6 is 0 Å². The van der Waals surface area contributed by atoms with Crippen molar-refractivity contribution in [1.82, 2.24) is 0 Å². The molecule has 2 heteroatoms. The van der Waals surface area contributed by atoms with Gasteiger partial charge in [-0.2, -0.15) is 0 Å². The van der Waals surface area contributed by atoms with Crippen LogP contribution in [-0.4, -0.2) is 13.7 Å². The van der Waals surface area contributed by atoms with Crippen LogP contribution in [0.25, 0.3) is 0 Å². The molecule has 1 aromatic rings. The van der Waals surface area contributed by atoms with Gasteiger partial charge in [-0.25, -0.2) is 0 Å². The molecule has 17 heavy (non-hydrogen) atoms. The molecule has 0 aliphatic heterocycles. The highest BCUT2D eigenvalue weighted by Crippen LogP contribution is 2.24. The fraction of sp³-hybridized carbons (Fsp3) is 0.600. The van der Waals surface area contributed by atoms with Gasteiger partial charge in [0.05, 0.1) is 7.11 Å². The second-order valence-electron chi connectivity index (χ2n) is 4.97. The van der Waals surface area contributed by atoms with E-state index >= 15 is 0 Å². The number of hydrogen-bond acceptors (Lipinski definition) is 2. The molecule has 1 aliphatic rings. The molecule has 0 aromatic heterocycles. The summed E-state index contributed by atoms with van der Waals surface area (Å²) in [6.45, 7) is 1.10. The monoisotopic (exact) mass is 233 g/mol. The van der Waals surface area contributed by atoms with Gasteiger partial charge in [0.1, 0.15) is 5.75 Å². The number of hydrogen-bond donors (Lipinski definition) is 1. The van der Waals surface area contributed by atoms with Crippen molar-refractivity contribution in [1.29, 1.82) is 0 Å². The Morgan fingerprint density at radius 2 is 1.94 bits per heavy atom. The van der Waals surface area contributed by atoms with Crippen LogP contribution in [0.1, 0.15) is 38.5 Å². The van der Waals surface area contributed by atoms with E-state index in [4.69, 9.17) is 4.74 Å². The van der Waals surface area contributed by atoms with Gasteiger partial charge in [0.2, 0.25) is 0 Å². The molecule has 2 nitrogen and oxygen atoms in total. The van der Waals surface area contributed by atoms with Crippen LogP contribution in [0, 0.1) is 5.92 Å². The first-order valence-electron chi connectivity index (χ1n) is 6.76. The van der Waals surface area contributed by atoms with E-state index in [1.54, 1.807) is 7.11 Å². The average Bonchev–Trinajstić information content (AvgIpc) is 2.65. The van der Waals surface area contributed by atoms with Crippen molar-refractivity contribution in [3.63, 3.8) is 0 Å². The molecular weight excluding hydrogens is 210 g/mol. The van der Waals surface area contributed by atoms with Gasteiger partial charge in [0.25, 0.3) is 0 Å². The van der Waals surface area contributed by atoms with Gasteiger partial charge < -0.3 is 10.1 Å². The summed E-state index contributed by atoms with van der Waals surface area (Å²) in [5.41, 5.74) is 1.17. The lowest BCUT2D eigenvalue weighted by atomic mass is 10.0. The fourth-order valence-electron chi connectivity index (χ4n) is 2.56. The molecule has 1 aliphatic carbocycles. The van der Waals surface area contributed by atoms with Crippen LogP contribution in [0.2, 0.25) is 0 Å². The normalized spacial score (nSPS) is 17.5. The van der Waals surface area contributed by atoms with Crippen LogP contribution in [0.3, 0.4) is 0 Å². The van der Waals surface area contributed by atoms with Crippen LogP contribution < -0.4 is 10.1 Å². The molecule has 0 spiro atoms. The standard InChI is InChI=1S/C15H23NO/c1-17-15-10-6-9-14(11-15)16-12-13-7-4-2-3-5-8-13/h6,9-11,13,16H,2-5,7-8,12H2,1H3. The summed E-state index contributed by atoms with van der Waals surface area (Å²) in [7, 11) is 1.71. The lowest BCUT2D eigenvalue weighted by Crippen LogP contribution is -2.13. The molecule has 94 valence electrons. The summed E-state index contributed by atoms with van der Waals surface area (Å²) in [6, 6.07) is 8.20. The molecule has 2 rings (SSSR count). The summed E-state index contributed by atoms with van der Waals surface area (Å²) in [5, 5.41) is 3.54. The Hall–Kier alpha value is -1.18. The zero-order valence-corrected chi connectivity index (χ0v) is 10.7. The number of benzene rings is 1. The van der Waals surface area contributed by atoms with E-state index in [9.17, 15) is 0 Å². The summed E-state index contributed by atoms with van der Waals surface area (Å²) in [6.07, 6.45) is 8.44. The predicted octanol–water partition coefficient (Wildman–Crippen LogP) is 4.08. The van der Waals surface area contributed by atoms with Crippen molar-refractivity contribution < 1.29 is 4.74 Å². The maximum Gasteiger partial charge on any atom is 0.120 e. The lowest BCUT2D eigenvalue weighted by Gasteiger charge is -2.16. The van der Waals surface area contributed by atoms with E-state index in [0.717, 1.165) is 18.2 Å². The minimum absolute atomic E-state index is 0.851. The topological polar surface area (TPSA) is 21.3 Å². The number of rotatable bonds is 4. The average molecular weight is 233 g/mol. The van der Waals surface area contributed by atoms with Gasteiger partial charge in [-0.05, 0) is 30.9 Å². The molecule has 0 amide bonds. The van der Waals surface area contributed by atoms with Crippen LogP contribution in [0.15, 0.2) is 24.3 Å². The van der Waals surface area contributed by atoms with Crippen molar-refractivity contribution in [2.24, 2.45) is 5.92 Å². The molecule has 0 unspecified atom stereocenters. The molecule has 0 atom stereocenters. The van der Waals surface area contributed by atoms with Crippen molar-refractivity contribution in [2.45, 2.75) is 38.5 Å². The minimum Gasteiger partial charge on any atom is -0.497 e. The van der Waals surface area contributed by atoms with Crippen LogP contribution in [-0.2, 0) is 0 Å². The molecule has 1 fully saturated rings. The number of anilines is 1. The first-order chi connectivity index (χ1) is 8.38. The van der Waals surface area contributed by atoms with Gasteiger partial charge in [0.15, 0.2) is 0 Å². The number of methoxy groups -OCH3 is 1. The van der Waals surface area contributed by atoms with Crippen molar-refractivity contribution >= 4 is 5.69 Å². The first kappa shape index (κ1) is 12.3. The summed E-state index contributed by atoms with van der Waals surface area (Å²) in [4.78, 5) is 0. The number of ether oxygens (including phenoxy) is 1. The third-order valence-electron chi connectivity index (χ3n) is 3.64. The van der Waals surface area contributed by atoms with Crippen molar-refractivity contribution in [3.05, 3.63) is 24.3 Å². The molecule has 0 saturated heterocycles. The van der Waals surface area contributed by atoms with E-state index in [0.29, 0.717) is 0 Å². The highest BCUT2D eigenvalue weighted by atomic mass is 16.5. The fourth-order valence-corrected chi connectivity index (χ4v) is 2.56. The van der Waals surface area contributed by atoms with Gasteiger partial charge >= 0.3 is 0 Å². The summed E-state index contributed by atoms with van der Waals surface area (Å²) >= 11 is 0. The van der Waals surface area contributed by atoms with Gasteiger partial charge in [0, 0.05) is 18.3 Å². The molecule has 0 bridgehead atoms. The Morgan fingerprint density at radius 1 is 1.18 bits per heavy atom. The predicted molar refractivity (Wildman–Crippen MR) is 72.7 cm³/mol. The molecule has 1 N–H and O–H groups in total. The minimum atomic E-state index is 0.851. The third-order valence-corrected chi connectivity index (χ3v) is 3.64. The van der Waals surface area contributed by atoms with Crippen molar-refractivity contribution in [2.75, 3.05) is 19.0 Å². The third kappa shape index (κ3) is 3.95. The molecule has 1 aromatic carbocycles. The maximum absolute atomic E-state index is 5.23. The zero-order valence-electron chi connectivity index (χ0n) is 10.7. The Bertz CT molecular complexity index is 329.